The molecule has 4 rings (SSSR count). The molecule has 14 heteroatoms. The lowest BCUT2D eigenvalue weighted by Crippen LogP contribution is -2.32. The van der Waals surface area contributed by atoms with Gasteiger partial charge in [0.15, 0.2) is 5.82 Å². The highest BCUT2D eigenvalue weighted by molar-refractivity contribution is 7.89. The van der Waals surface area contributed by atoms with E-state index in [9.17, 15) is 26.0 Å². The first-order chi connectivity index (χ1) is 16.9. The number of benzene rings is 1. The number of aromatic nitrogens is 4. The predicted molar refractivity (Wildman–Crippen MR) is 125 cm³/mol. The van der Waals surface area contributed by atoms with Gasteiger partial charge in [-0.05, 0) is 42.0 Å². The third kappa shape index (κ3) is 6.01. The Kier molecular flexibility index (Phi) is 6.73. The largest absolute Gasteiger partial charge is 0.405 e. The fourth-order valence-electron chi connectivity index (χ4n) is 3.35. The molecule has 0 aliphatic heterocycles. The van der Waals surface area contributed by atoms with Gasteiger partial charge in [-0.3, -0.25) is 0 Å². The molecule has 0 fully saturated rings. The van der Waals surface area contributed by atoms with Gasteiger partial charge in [0.05, 0.1) is 16.1 Å². The van der Waals surface area contributed by atoms with Crippen LogP contribution in [0.25, 0.3) is 22.3 Å². The van der Waals surface area contributed by atoms with Crippen LogP contribution in [0.4, 0.5) is 29.3 Å². The molecule has 0 unspecified atom stereocenters. The molecule has 0 amide bonds. The topological polar surface area (TPSA) is 127 Å². The van der Waals surface area contributed by atoms with Gasteiger partial charge in [-0.2, -0.15) is 22.5 Å². The number of nitrogens with one attached hydrogen (secondary N) is 1. The standard InChI is InChI=1S/C22H19F4N7O2S/c1-33(12-22(24,25)26)20-19-17(8-7-16(30-19)14-4-9-18(23)28-11-14)31-21(32-20)29-10-13-2-5-15(6-3-13)36(27,34)35/h2-9,11H,10,12H2,1H3,(H2,27,34,35)(H,29,31,32). The molecule has 0 aliphatic rings. The first-order valence-corrected chi connectivity index (χ1v) is 11.9. The number of hydrogen-bond donors (Lipinski definition) is 2. The maximum atomic E-state index is 13.2. The van der Waals surface area contributed by atoms with Gasteiger partial charge in [-0.1, -0.05) is 12.1 Å². The van der Waals surface area contributed by atoms with Crippen molar-refractivity contribution in [2.45, 2.75) is 17.6 Å². The van der Waals surface area contributed by atoms with Crippen molar-refractivity contribution in [3.63, 3.8) is 0 Å². The normalized spacial score (nSPS) is 12.1. The maximum Gasteiger partial charge on any atom is 0.405 e. The lowest BCUT2D eigenvalue weighted by molar-refractivity contribution is -0.119. The molecule has 4 aromatic rings. The van der Waals surface area contributed by atoms with Crippen LogP contribution in [-0.4, -0.2) is 48.1 Å². The number of alkyl halides is 3. The number of pyridine rings is 2. The zero-order chi connectivity index (χ0) is 26.1. The minimum Gasteiger partial charge on any atom is -0.350 e. The van der Waals surface area contributed by atoms with E-state index in [-0.39, 0.29) is 34.2 Å². The van der Waals surface area contributed by atoms with Gasteiger partial charge >= 0.3 is 6.18 Å². The monoisotopic (exact) mass is 521 g/mol. The first-order valence-electron chi connectivity index (χ1n) is 10.3. The molecule has 3 N–H and O–H groups in total. The molecule has 36 heavy (non-hydrogen) atoms. The second-order valence-corrected chi connectivity index (χ2v) is 9.38. The number of nitrogens with two attached hydrogens (primary N) is 1. The Balaban J connectivity index is 1.69. The zero-order valence-electron chi connectivity index (χ0n) is 18.7. The van der Waals surface area contributed by atoms with Crippen molar-refractivity contribution in [2.75, 3.05) is 23.8 Å². The summed E-state index contributed by atoms with van der Waals surface area (Å²) in [5.41, 5.74) is 1.88. The van der Waals surface area contributed by atoms with Gasteiger partial charge in [0.2, 0.25) is 21.9 Å². The zero-order valence-corrected chi connectivity index (χ0v) is 19.5. The summed E-state index contributed by atoms with van der Waals surface area (Å²) in [6.07, 6.45) is -3.23. The van der Waals surface area contributed by atoms with Crippen LogP contribution >= 0.6 is 0 Å². The van der Waals surface area contributed by atoms with E-state index in [1.807, 2.05) is 0 Å². The summed E-state index contributed by atoms with van der Waals surface area (Å²) in [6, 6.07) is 11.5. The number of nitrogens with zero attached hydrogens (tertiary/aromatic N) is 5. The van der Waals surface area contributed by atoms with E-state index < -0.39 is 28.7 Å². The van der Waals surface area contributed by atoms with E-state index in [0.717, 1.165) is 11.0 Å². The molecular formula is C22H19F4N7O2S. The lowest BCUT2D eigenvalue weighted by Gasteiger charge is -2.21. The quantitative estimate of drug-likeness (QED) is 0.280. The second kappa shape index (κ2) is 9.62. The Morgan fingerprint density at radius 3 is 2.33 bits per heavy atom. The minimum atomic E-state index is -4.50. The van der Waals surface area contributed by atoms with E-state index >= 15 is 0 Å². The highest BCUT2D eigenvalue weighted by Gasteiger charge is 2.31. The van der Waals surface area contributed by atoms with E-state index in [1.165, 1.54) is 43.6 Å². The SMILES string of the molecule is CN(CC(F)(F)F)c1nc(NCc2ccc(S(N)(=O)=O)cc2)nc2ccc(-c3ccc(F)nc3)nc12. The number of hydrogen-bond acceptors (Lipinski definition) is 8. The van der Waals surface area contributed by atoms with Crippen molar-refractivity contribution in [3.05, 3.63) is 66.2 Å². The molecule has 1 aromatic carbocycles. The van der Waals surface area contributed by atoms with E-state index in [1.54, 1.807) is 12.1 Å². The average molecular weight is 522 g/mol. The molecule has 0 radical (unpaired) electrons. The van der Waals surface area contributed by atoms with Crippen LogP contribution < -0.4 is 15.4 Å². The van der Waals surface area contributed by atoms with Gasteiger partial charge in [-0.15, -0.1) is 0 Å². The molecular weight excluding hydrogens is 502 g/mol. The van der Waals surface area contributed by atoms with E-state index in [0.29, 0.717) is 16.8 Å². The van der Waals surface area contributed by atoms with Crippen LogP contribution in [0.3, 0.4) is 0 Å². The van der Waals surface area contributed by atoms with Crippen molar-refractivity contribution in [1.29, 1.82) is 0 Å². The van der Waals surface area contributed by atoms with Gasteiger partial charge < -0.3 is 10.2 Å². The molecule has 9 nitrogen and oxygen atoms in total. The second-order valence-electron chi connectivity index (χ2n) is 7.82. The van der Waals surface area contributed by atoms with Crippen LogP contribution in [0.2, 0.25) is 0 Å². The molecule has 0 saturated carbocycles. The Morgan fingerprint density at radius 1 is 1.00 bits per heavy atom. The third-order valence-electron chi connectivity index (χ3n) is 5.03. The van der Waals surface area contributed by atoms with Crippen LogP contribution in [0.15, 0.2) is 59.6 Å². The van der Waals surface area contributed by atoms with Gasteiger partial charge in [0.25, 0.3) is 0 Å². The fourth-order valence-corrected chi connectivity index (χ4v) is 3.87. The highest BCUT2D eigenvalue weighted by Crippen LogP contribution is 2.29. The molecule has 0 bridgehead atoms. The van der Waals surface area contributed by atoms with Crippen molar-refractivity contribution in [1.82, 2.24) is 19.9 Å². The minimum absolute atomic E-state index is 0.0417. The summed E-state index contributed by atoms with van der Waals surface area (Å²) >= 11 is 0. The lowest BCUT2D eigenvalue weighted by atomic mass is 10.2. The van der Waals surface area contributed by atoms with Crippen LogP contribution in [0.1, 0.15) is 5.56 Å². The van der Waals surface area contributed by atoms with E-state index in [4.69, 9.17) is 5.14 Å². The Bertz CT molecular complexity index is 1500. The fraction of sp³-hybridized carbons (Fsp3) is 0.182. The number of anilines is 2. The molecule has 3 aromatic heterocycles. The Morgan fingerprint density at radius 2 is 1.72 bits per heavy atom. The summed E-state index contributed by atoms with van der Waals surface area (Å²) in [6.45, 7) is -1.12. The number of halogens is 4. The van der Waals surface area contributed by atoms with Crippen LogP contribution in [-0.2, 0) is 16.6 Å². The molecule has 0 saturated heterocycles. The third-order valence-corrected chi connectivity index (χ3v) is 5.96. The summed E-state index contributed by atoms with van der Waals surface area (Å²) < 4.78 is 75.4. The smallest absolute Gasteiger partial charge is 0.350 e. The summed E-state index contributed by atoms with van der Waals surface area (Å²) in [5.74, 6) is -0.704. The summed E-state index contributed by atoms with van der Waals surface area (Å²) in [4.78, 5) is 17.5. The number of rotatable bonds is 7. The highest BCUT2D eigenvalue weighted by atomic mass is 32.2. The number of sulfonamides is 1. The van der Waals surface area contributed by atoms with Crippen molar-refractivity contribution >= 4 is 32.8 Å². The summed E-state index contributed by atoms with van der Waals surface area (Å²) in [5, 5.41) is 8.03. The van der Waals surface area contributed by atoms with Gasteiger partial charge in [-0.25, -0.2) is 28.5 Å². The molecule has 188 valence electrons. The van der Waals surface area contributed by atoms with Crippen molar-refractivity contribution < 1.29 is 26.0 Å². The Hall–Kier alpha value is -3.91. The number of fused-ring (bicyclic) bond motifs is 1. The molecule has 0 aliphatic carbocycles. The Labute approximate surface area is 203 Å². The van der Waals surface area contributed by atoms with Crippen molar-refractivity contribution in [3.8, 4) is 11.3 Å². The average Bonchev–Trinajstić information content (AvgIpc) is 2.81. The maximum absolute atomic E-state index is 13.2. The molecule has 3 heterocycles. The van der Waals surface area contributed by atoms with Gasteiger partial charge in [0.1, 0.15) is 12.1 Å². The van der Waals surface area contributed by atoms with Gasteiger partial charge in [0, 0.05) is 25.4 Å². The van der Waals surface area contributed by atoms with Crippen LogP contribution in [0, 0.1) is 5.95 Å². The molecule has 0 atom stereocenters. The van der Waals surface area contributed by atoms with Crippen molar-refractivity contribution in [2.24, 2.45) is 5.14 Å². The predicted octanol–water partition coefficient (Wildman–Crippen LogP) is 3.48. The number of primary sulfonamides is 1. The molecule has 0 spiro atoms. The summed E-state index contributed by atoms with van der Waals surface area (Å²) in [7, 11) is -2.60. The van der Waals surface area contributed by atoms with Crippen LogP contribution in [0.5, 0.6) is 0 Å². The first kappa shape index (κ1) is 25.2. The van der Waals surface area contributed by atoms with E-state index in [2.05, 4.69) is 25.3 Å².